The zero-order chi connectivity index (χ0) is 19.4. The fourth-order valence-corrected chi connectivity index (χ4v) is 2.69. The lowest BCUT2D eigenvalue weighted by Crippen LogP contribution is -2.24. The summed E-state index contributed by atoms with van der Waals surface area (Å²) in [6, 6.07) is 8.97. The van der Waals surface area contributed by atoms with Gasteiger partial charge in [-0.05, 0) is 42.8 Å². The second-order valence-corrected chi connectivity index (χ2v) is 5.94. The quantitative estimate of drug-likeness (QED) is 0.817. The number of nitrogens with zero attached hydrogens (tertiary/aromatic N) is 1. The number of nitrogens with one attached hydrogen (secondary N) is 1. The molecule has 27 heavy (non-hydrogen) atoms. The predicted octanol–water partition coefficient (Wildman–Crippen LogP) is 2.89. The van der Waals surface area contributed by atoms with Crippen LogP contribution in [0.15, 0.2) is 42.5 Å². The number of hydrogen-bond donors (Lipinski definition) is 1. The van der Waals surface area contributed by atoms with E-state index in [2.05, 4.69) is 5.32 Å². The standard InChI is InChI=1S/C19H16F2N2O4/c20-13-5-8-16(15(21)10-13)22-17(24)11-27-19(26)12-3-6-14(7-4-12)23-9-1-2-18(23)25/h3-8,10H,1-2,9,11H2,(H,22,24). The van der Waals surface area contributed by atoms with Crippen LogP contribution in [0.5, 0.6) is 0 Å². The van der Waals surface area contributed by atoms with Crippen LogP contribution < -0.4 is 10.2 Å². The first-order valence-electron chi connectivity index (χ1n) is 8.26. The van der Waals surface area contributed by atoms with Gasteiger partial charge in [-0.15, -0.1) is 0 Å². The number of halogens is 2. The molecule has 0 aromatic heterocycles. The van der Waals surface area contributed by atoms with Gasteiger partial charge in [0.25, 0.3) is 5.91 Å². The first-order chi connectivity index (χ1) is 12.9. The van der Waals surface area contributed by atoms with Gasteiger partial charge in [0.2, 0.25) is 5.91 Å². The molecule has 2 aromatic carbocycles. The number of rotatable bonds is 5. The lowest BCUT2D eigenvalue weighted by molar-refractivity contribution is -0.119. The molecule has 140 valence electrons. The molecular weight excluding hydrogens is 358 g/mol. The molecule has 1 aliphatic rings. The van der Waals surface area contributed by atoms with Crippen molar-refractivity contribution in [1.82, 2.24) is 0 Å². The van der Waals surface area contributed by atoms with Crippen LogP contribution in [-0.2, 0) is 14.3 Å². The van der Waals surface area contributed by atoms with Crippen molar-refractivity contribution in [2.45, 2.75) is 12.8 Å². The third-order valence-corrected chi connectivity index (χ3v) is 4.03. The van der Waals surface area contributed by atoms with Gasteiger partial charge < -0.3 is 15.0 Å². The van der Waals surface area contributed by atoms with Crippen LogP contribution in [0.1, 0.15) is 23.2 Å². The topological polar surface area (TPSA) is 75.7 Å². The Labute approximate surface area is 153 Å². The van der Waals surface area contributed by atoms with E-state index in [1.165, 1.54) is 12.1 Å². The zero-order valence-electron chi connectivity index (χ0n) is 14.2. The summed E-state index contributed by atoms with van der Waals surface area (Å²) in [4.78, 5) is 37.1. The second-order valence-electron chi connectivity index (χ2n) is 5.94. The Morgan fingerprint density at radius 3 is 2.48 bits per heavy atom. The zero-order valence-corrected chi connectivity index (χ0v) is 14.2. The van der Waals surface area contributed by atoms with Crippen molar-refractivity contribution >= 4 is 29.2 Å². The third-order valence-electron chi connectivity index (χ3n) is 4.03. The van der Waals surface area contributed by atoms with E-state index in [4.69, 9.17) is 4.74 Å². The van der Waals surface area contributed by atoms with Gasteiger partial charge in [0.15, 0.2) is 6.61 Å². The Kier molecular flexibility index (Phi) is 5.44. The van der Waals surface area contributed by atoms with Gasteiger partial charge in [-0.1, -0.05) is 0 Å². The lowest BCUT2D eigenvalue weighted by Gasteiger charge is -2.15. The molecule has 1 saturated heterocycles. The molecule has 0 bridgehead atoms. The Morgan fingerprint density at radius 2 is 1.85 bits per heavy atom. The lowest BCUT2D eigenvalue weighted by atomic mass is 10.2. The van der Waals surface area contributed by atoms with E-state index in [9.17, 15) is 23.2 Å². The summed E-state index contributed by atoms with van der Waals surface area (Å²) in [7, 11) is 0. The van der Waals surface area contributed by atoms with Gasteiger partial charge in [-0.2, -0.15) is 0 Å². The van der Waals surface area contributed by atoms with Gasteiger partial charge in [0, 0.05) is 24.7 Å². The molecule has 0 atom stereocenters. The van der Waals surface area contributed by atoms with Crippen LogP contribution in [0, 0.1) is 11.6 Å². The van der Waals surface area contributed by atoms with E-state index in [1.54, 1.807) is 17.0 Å². The van der Waals surface area contributed by atoms with E-state index in [1.807, 2.05) is 0 Å². The van der Waals surface area contributed by atoms with Gasteiger partial charge in [-0.3, -0.25) is 9.59 Å². The van der Waals surface area contributed by atoms with E-state index in [0.29, 0.717) is 24.7 Å². The molecule has 0 saturated carbocycles. The van der Waals surface area contributed by atoms with Gasteiger partial charge in [0.05, 0.1) is 11.3 Å². The number of benzene rings is 2. The number of anilines is 2. The highest BCUT2D eigenvalue weighted by Gasteiger charge is 2.22. The number of carbonyl (C=O) groups excluding carboxylic acids is 3. The van der Waals surface area contributed by atoms with Crippen molar-refractivity contribution in [2.24, 2.45) is 0 Å². The van der Waals surface area contributed by atoms with E-state index in [-0.39, 0.29) is 17.2 Å². The molecule has 1 aliphatic heterocycles. The fraction of sp³-hybridized carbons (Fsp3) is 0.211. The molecule has 6 nitrogen and oxygen atoms in total. The van der Waals surface area contributed by atoms with Crippen LogP contribution in [0.3, 0.4) is 0 Å². The summed E-state index contributed by atoms with van der Waals surface area (Å²) in [5.74, 6) is -3.15. The van der Waals surface area contributed by atoms with Crippen LogP contribution in [-0.4, -0.2) is 30.9 Å². The first kappa shape index (κ1) is 18.5. The molecule has 1 fully saturated rings. The molecule has 3 rings (SSSR count). The van der Waals surface area contributed by atoms with Gasteiger partial charge in [0.1, 0.15) is 11.6 Å². The Hall–Kier alpha value is -3.29. The van der Waals surface area contributed by atoms with Crippen LogP contribution >= 0.6 is 0 Å². The molecule has 0 aliphatic carbocycles. The maximum Gasteiger partial charge on any atom is 0.338 e. The van der Waals surface area contributed by atoms with Crippen molar-refractivity contribution in [2.75, 3.05) is 23.4 Å². The molecule has 0 radical (unpaired) electrons. The Bertz CT molecular complexity index is 884. The SMILES string of the molecule is O=C(COC(=O)c1ccc(N2CCCC2=O)cc1)Nc1ccc(F)cc1F. The molecule has 0 spiro atoms. The summed E-state index contributed by atoms with van der Waals surface area (Å²) in [5, 5.41) is 2.19. The largest absolute Gasteiger partial charge is 0.452 e. The summed E-state index contributed by atoms with van der Waals surface area (Å²) in [5.41, 5.74) is 0.696. The molecular formula is C19H16F2N2O4. The van der Waals surface area contributed by atoms with E-state index < -0.39 is 30.1 Å². The average molecular weight is 374 g/mol. The number of esters is 1. The number of hydrogen-bond acceptors (Lipinski definition) is 4. The fourth-order valence-electron chi connectivity index (χ4n) is 2.69. The van der Waals surface area contributed by atoms with Crippen molar-refractivity contribution in [1.29, 1.82) is 0 Å². The average Bonchev–Trinajstić information content (AvgIpc) is 3.08. The van der Waals surface area contributed by atoms with E-state index >= 15 is 0 Å². The van der Waals surface area contributed by atoms with Crippen molar-refractivity contribution in [3.05, 3.63) is 59.7 Å². The minimum Gasteiger partial charge on any atom is -0.452 e. The van der Waals surface area contributed by atoms with Crippen LogP contribution in [0.4, 0.5) is 20.2 Å². The molecule has 1 heterocycles. The highest BCUT2D eigenvalue weighted by atomic mass is 19.1. The molecule has 2 amide bonds. The summed E-state index contributed by atoms with van der Waals surface area (Å²) in [6.45, 7) is 0.0186. The number of ether oxygens (including phenoxy) is 1. The van der Waals surface area contributed by atoms with Crippen molar-refractivity contribution in [3.63, 3.8) is 0 Å². The predicted molar refractivity (Wildman–Crippen MR) is 93.3 cm³/mol. The van der Waals surface area contributed by atoms with Gasteiger partial charge >= 0.3 is 5.97 Å². The number of amides is 2. The Balaban J connectivity index is 1.54. The maximum atomic E-state index is 13.5. The molecule has 8 heteroatoms. The third kappa shape index (κ3) is 4.46. The second kappa shape index (κ2) is 7.94. The monoisotopic (exact) mass is 374 g/mol. The van der Waals surface area contributed by atoms with Crippen molar-refractivity contribution < 1.29 is 27.9 Å². The van der Waals surface area contributed by atoms with Gasteiger partial charge in [-0.25, -0.2) is 13.6 Å². The highest BCUT2D eigenvalue weighted by Crippen LogP contribution is 2.22. The molecule has 2 aromatic rings. The molecule has 0 unspecified atom stereocenters. The van der Waals surface area contributed by atoms with Crippen molar-refractivity contribution in [3.8, 4) is 0 Å². The minimum absolute atomic E-state index is 0.0371. The summed E-state index contributed by atoms with van der Waals surface area (Å²) < 4.78 is 31.2. The smallest absolute Gasteiger partial charge is 0.338 e. The van der Waals surface area contributed by atoms with Crippen LogP contribution in [0.25, 0.3) is 0 Å². The molecule has 1 N–H and O–H groups in total. The number of carbonyl (C=O) groups is 3. The normalized spacial score (nSPS) is 13.6. The van der Waals surface area contributed by atoms with E-state index in [0.717, 1.165) is 18.6 Å². The highest BCUT2D eigenvalue weighted by molar-refractivity contribution is 5.97. The maximum absolute atomic E-state index is 13.5. The summed E-state index contributed by atoms with van der Waals surface area (Å²) in [6.07, 6.45) is 1.31. The summed E-state index contributed by atoms with van der Waals surface area (Å²) >= 11 is 0. The first-order valence-corrected chi connectivity index (χ1v) is 8.26. The van der Waals surface area contributed by atoms with Crippen LogP contribution in [0.2, 0.25) is 0 Å². The minimum atomic E-state index is -0.929. The Morgan fingerprint density at radius 1 is 1.11 bits per heavy atom.